The van der Waals surface area contributed by atoms with Crippen LogP contribution >= 0.6 is 11.3 Å². The fourth-order valence-corrected chi connectivity index (χ4v) is 3.69. The molecule has 1 aliphatic heterocycles. The second-order valence-electron chi connectivity index (χ2n) is 5.83. The fraction of sp³-hybridized carbons (Fsp3) is 0.150. The molecule has 0 aliphatic carbocycles. The van der Waals surface area contributed by atoms with Gasteiger partial charge in [-0.15, -0.1) is 11.3 Å². The quantitative estimate of drug-likeness (QED) is 0.630. The Hall–Kier alpha value is -2.39. The first-order valence-corrected chi connectivity index (χ1v) is 8.71. The van der Waals surface area contributed by atoms with E-state index in [1.165, 1.54) is 21.7 Å². The van der Waals surface area contributed by atoms with Crippen LogP contribution in [0, 0.1) is 6.92 Å². The van der Waals surface area contributed by atoms with Gasteiger partial charge in [-0.05, 0) is 36.1 Å². The molecule has 3 heteroatoms. The van der Waals surface area contributed by atoms with Crippen LogP contribution in [0.3, 0.4) is 0 Å². The Morgan fingerprint density at radius 2 is 1.74 bits per heavy atom. The van der Waals surface area contributed by atoms with Crippen LogP contribution < -0.4 is 5.01 Å². The second-order valence-corrected chi connectivity index (χ2v) is 6.78. The Kier molecular flexibility index (Phi) is 3.72. The standard InChI is InChI=1S/C20H18N2S/c1-15-9-11-16(12-10-15)19-14-18(20-8-5-13-23-20)21-22(19)17-6-3-2-4-7-17/h2-13,19H,14H2,1H3. The van der Waals surface area contributed by atoms with E-state index in [1.54, 1.807) is 11.3 Å². The molecule has 0 spiro atoms. The molecular weight excluding hydrogens is 300 g/mol. The Morgan fingerprint density at radius 1 is 0.957 bits per heavy atom. The molecule has 2 heterocycles. The predicted molar refractivity (Wildman–Crippen MR) is 98.3 cm³/mol. The zero-order valence-corrected chi connectivity index (χ0v) is 13.8. The molecule has 1 aliphatic rings. The first-order chi connectivity index (χ1) is 11.3. The molecular formula is C20H18N2S. The van der Waals surface area contributed by atoms with Crippen LogP contribution in [0.2, 0.25) is 0 Å². The minimum absolute atomic E-state index is 0.259. The van der Waals surface area contributed by atoms with Gasteiger partial charge in [-0.2, -0.15) is 5.10 Å². The molecule has 2 nitrogen and oxygen atoms in total. The van der Waals surface area contributed by atoms with Gasteiger partial charge in [0, 0.05) is 6.42 Å². The number of para-hydroxylation sites is 1. The monoisotopic (exact) mass is 318 g/mol. The van der Waals surface area contributed by atoms with Crippen molar-refractivity contribution < 1.29 is 0 Å². The fourth-order valence-electron chi connectivity index (χ4n) is 2.97. The SMILES string of the molecule is Cc1ccc(C2CC(c3cccs3)=NN2c2ccccc2)cc1. The van der Waals surface area contributed by atoms with Gasteiger partial charge in [-0.1, -0.05) is 54.1 Å². The molecule has 0 N–H and O–H groups in total. The van der Waals surface area contributed by atoms with Crippen LogP contribution in [-0.4, -0.2) is 5.71 Å². The summed E-state index contributed by atoms with van der Waals surface area (Å²) in [6, 6.07) is 23.8. The molecule has 114 valence electrons. The van der Waals surface area contributed by atoms with E-state index in [4.69, 9.17) is 5.10 Å². The molecule has 3 aromatic rings. The maximum absolute atomic E-state index is 4.94. The van der Waals surface area contributed by atoms with E-state index in [1.807, 2.05) is 6.07 Å². The van der Waals surface area contributed by atoms with Crippen molar-refractivity contribution in [1.29, 1.82) is 0 Å². The average Bonchev–Trinajstić information content (AvgIpc) is 3.26. The van der Waals surface area contributed by atoms with Crippen molar-refractivity contribution in [3.05, 3.63) is 88.1 Å². The topological polar surface area (TPSA) is 15.6 Å². The number of benzene rings is 2. The van der Waals surface area contributed by atoms with E-state index in [0.717, 1.165) is 12.1 Å². The number of aryl methyl sites for hydroxylation is 1. The summed E-state index contributed by atoms with van der Waals surface area (Å²) in [5, 5.41) is 9.22. The summed E-state index contributed by atoms with van der Waals surface area (Å²) in [6.07, 6.45) is 0.943. The summed E-state index contributed by atoms with van der Waals surface area (Å²) in [4.78, 5) is 1.26. The summed E-state index contributed by atoms with van der Waals surface area (Å²) < 4.78 is 0. The van der Waals surface area contributed by atoms with Gasteiger partial charge in [0.15, 0.2) is 0 Å². The van der Waals surface area contributed by atoms with Gasteiger partial charge in [0.1, 0.15) is 0 Å². The highest BCUT2D eigenvalue weighted by Crippen LogP contribution is 2.37. The lowest BCUT2D eigenvalue weighted by atomic mass is 10.00. The molecule has 0 radical (unpaired) electrons. The first kappa shape index (κ1) is 14.2. The zero-order valence-electron chi connectivity index (χ0n) is 13.0. The first-order valence-electron chi connectivity index (χ1n) is 7.83. The summed E-state index contributed by atoms with van der Waals surface area (Å²) in [7, 11) is 0. The third-order valence-electron chi connectivity index (χ3n) is 4.20. The number of anilines is 1. The number of nitrogens with zero attached hydrogens (tertiary/aromatic N) is 2. The van der Waals surface area contributed by atoms with E-state index in [9.17, 15) is 0 Å². The van der Waals surface area contributed by atoms with Crippen LogP contribution in [-0.2, 0) is 0 Å². The highest BCUT2D eigenvalue weighted by molar-refractivity contribution is 7.12. The number of hydrogen-bond acceptors (Lipinski definition) is 3. The Bertz CT molecular complexity index is 805. The van der Waals surface area contributed by atoms with E-state index in [2.05, 4.69) is 78.0 Å². The Labute approximate surface area is 140 Å². The molecule has 1 unspecified atom stereocenters. The third-order valence-corrected chi connectivity index (χ3v) is 5.12. The number of hydrogen-bond donors (Lipinski definition) is 0. The molecule has 0 bridgehead atoms. The summed E-state index contributed by atoms with van der Waals surface area (Å²) in [5.41, 5.74) is 4.92. The van der Waals surface area contributed by atoms with Crippen molar-refractivity contribution in [2.45, 2.75) is 19.4 Å². The maximum Gasteiger partial charge on any atom is 0.0832 e. The molecule has 2 aromatic carbocycles. The van der Waals surface area contributed by atoms with Crippen molar-refractivity contribution in [2.24, 2.45) is 5.10 Å². The number of hydrazone groups is 1. The van der Waals surface area contributed by atoms with E-state index in [0.29, 0.717) is 0 Å². The summed E-state index contributed by atoms with van der Waals surface area (Å²) in [6.45, 7) is 2.13. The maximum atomic E-state index is 4.94. The largest absolute Gasteiger partial charge is 0.257 e. The molecule has 0 amide bonds. The van der Waals surface area contributed by atoms with Gasteiger partial charge >= 0.3 is 0 Å². The molecule has 23 heavy (non-hydrogen) atoms. The van der Waals surface area contributed by atoms with Crippen molar-refractivity contribution in [3.63, 3.8) is 0 Å². The minimum atomic E-state index is 0.259. The number of rotatable bonds is 3. The van der Waals surface area contributed by atoms with Gasteiger partial charge < -0.3 is 0 Å². The molecule has 1 atom stereocenters. The molecule has 1 aromatic heterocycles. The van der Waals surface area contributed by atoms with Crippen LogP contribution in [0.4, 0.5) is 5.69 Å². The zero-order chi connectivity index (χ0) is 15.6. The lowest BCUT2D eigenvalue weighted by Crippen LogP contribution is -2.18. The highest BCUT2D eigenvalue weighted by Gasteiger charge is 2.30. The van der Waals surface area contributed by atoms with Gasteiger partial charge in [-0.25, -0.2) is 0 Å². The lowest BCUT2D eigenvalue weighted by molar-refractivity contribution is 0.709. The second kappa shape index (κ2) is 6.01. The van der Waals surface area contributed by atoms with Gasteiger partial charge in [-0.3, -0.25) is 5.01 Å². The van der Waals surface area contributed by atoms with Crippen LogP contribution in [0.5, 0.6) is 0 Å². The molecule has 0 fully saturated rings. The van der Waals surface area contributed by atoms with Gasteiger partial charge in [0.05, 0.1) is 22.3 Å². The van der Waals surface area contributed by atoms with Gasteiger partial charge in [0.25, 0.3) is 0 Å². The Balaban J connectivity index is 1.74. The highest BCUT2D eigenvalue weighted by atomic mass is 32.1. The normalized spacial score (nSPS) is 17.3. The van der Waals surface area contributed by atoms with Gasteiger partial charge in [0.2, 0.25) is 0 Å². The predicted octanol–water partition coefficient (Wildman–Crippen LogP) is 5.41. The van der Waals surface area contributed by atoms with Crippen molar-refractivity contribution in [2.75, 3.05) is 5.01 Å². The number of thiophene rings is 1. The van der Waals surface area contributed by atoms with Crippen molar-refractivity contribution >= 4 is 22.7 Å². The van der Waals surface area contributed by atoms with E-state index in [-0.39, 0.29) is 6.04 Å². The van der Waals surface area contributed by atoms with E-state index >= 15 is 0 Å². The van der Waals surface area contributed by atoms with Crippen LogP contribution in [0.15, 0.2) is 77.2 Å². The van der Waals surface area contributed by atoms with Crippen LogP contribution in [0.1, 0.15) is 28.5 Å². The molecule has 4 rings (SSSR count). The van der Waals surface area contributed by atoms with Crippen molar-refractivity contribution in [1.82, 2.24) is 0 Å². The molecule has 0 saturated heterocycles. The third kappa shape index (κ3) is 2.80. The summed E-state index contributed by atoms with van der Waals surface area (Å²) in [5.74, 6) is 0. The Morgan fingerprint density at radius 3 is 2.43 bits per heavy atom. The lowest BCUT2D eigenvalue weighted by Gasteiger charge is -2.24. The minimum Gasteiger partial charge on any atom is -0.257 e. The average molecular weight is 318 g/mol. The summed E-state index contributed by atoms with van der Waals surface area (Å²) >= 11 is 1.76. The molecule has 0 saturated carbocycles. The smallest absolute Gasteiger partial charge is 0.0832 e. The van der Waals surface area contributed by atoms with Crippen LogP contribution in [0.25, 0.3) is 0 Å². The van der Waals surface area contributed by atoms with E-state index < -0.39 is 0 Å². The van der Waals surface area contributed by atoms with Crippen molar-refractivity contribution in [3.8, 4) is 0 Å².